The van der Waals surface area contributed by atoms with E-state index in [1.807, 2.05) is 0 Å². The van der Waals surface area contributed by atoms with Crippen LogP contribution in [0, 0.1) is 0 Å². The molecule has 0 amide bonds. The van der Waals surface area contributed by atoms with Crippen LogP contribution >= 0.6 is 0 Å². The monoisotopic (exact) mass is 981 g/mol. The number of hydrogen-bond donors (Lipinski definition) is 4. The van der Waals surface area contributed by atoms with Crippen LogP contribution in [-0.2, 0) is 38.3 Å². The van der Waals surface area contributed by atoms with E-state index in [-0.39, 0.29) is 19.6 Å². The summed E-state index contributed by atoms with van der Waals surface area (Å²) < 4.78 is 59.3. The van der Waals surface area contributed by atoms with Crippen molar-refractivity contribution in [2.45, 2.75) is 243 Å². The fourth-order valence-corrected chi connectivity index (χ4v) is 8.32. The van der Waals surface area contributed by atoms with E-state index in [9.17, 15) is 33.1 Å². The predicted octanol–water partition coefficient (Wildman–Crippen LogP) is 12.6. The van der Waals surface area contributed by atoms with Crippen molar-refractivity contribution in [3.05, 3.63) is 72.9 Å². The molecule has 0 aliphatic carbocycles. The lowest BCUT2D eigenvalue weighted by atomic mass is 9.99. The summed E-state index contributed by atoms with van der Waals surface area (Å²) in [5, 5.41) is 30.8. The van der Waals surface area contributed by atoms with Crippen LogP contribution in [0.15, 0.2) is 72.9 Å². The normalized spacial score (nSPS) is 19.9. The molecule has 13 heteroatoms. The molecule has 394 valence electrons. The van der Waals surface area contributed by atoms with Crippen molar-refractivity contribution >= 4 is 16.4 Å². The Bertz CT molecular complexity index is 1460. The fourth-order valence-electron chi connectivity index (χ4n) is 7.81. The number of unbranched alkanes of at least 4 members (excludes halogenated alkanes) is 21. The summed E-state index contributed by atoms with van der Waals surface area (Å²) >= 11 is 0. The van der Waals surface area contributed by atoms with Gasteiger partial charge in [0, 0.05) is 13.0 Å². The predicted molar refractivity (Wildman–Crippen MR) is 276 cm³/mol. The lowest BCUT2D eigenvalue weighted by Gasteiger charge is -2.41. The Hall–Kier alpha value is -2.46. The van der Waals surface area contributed by atoms with Crippen LogP contribution in [0.1, 0.15) is 206 Å². The lowest BCUT2D eigenvalue weighted by Crippen LogP contribution is -2.60. The van der Waals surface area contributed by atoms with Gasteiger partial charge in [-0.3, -0.25) is 9.35 Å². The van der Waals surface area contributed by atoms with Gasteiger partial charge in [0.25, 0.3) is 0 Å². The van der Waals surface area contributed by atoms with Crippen molar-refractivity contribution in [3.63, 3.8) is 0 Å². The molecular formula is C55H96O12S. The van der Waals surface area contributed by atoms with Gasteiger partial charge < -0.3 is 34.3 Å². The van der Waals surface area contributed by atoms with Crippen molar-refractivity contribution in [3.8, 4) is 0 Å². The molecule has 12 nitrogen and oxygen atoms in total. The molecule has 1 fully saturated rings. The highest BCUT2D eigenvalue weighted by atomic mass is 32.3. The number of rotatable bonds is 46. The van der Waals surface area contributed by atoms with Crippen LogP contribution in [0.25, 0.3) is 0 Å². The maximum atomic E-state index is 12.9. The zero-order chi connectivity index (χ0) is 49.6. The summed E-state index contributed by atoms with van der Waals surface area (Å²) in [7, 11) is -5.07. The smallest absolute Gasteiger partial charge is 0.397 e. The maximum Gasteiger partial charge on any atom is 0.397 e. The summed E-state index contributed by atoms with van der Waals surface area (Å²) in [6.07, 6.45) is 50.7. The van der Waals surface area contributed by atoms with Crippen molar-refractivity contribution in [2.24, 2.45) is 0 Å². The van der Waals surface area contributed by atoms with Gasteiger partial charge in [-0.15, -0.1) is 0 Å². The highest BCUT2D eigenvalue weighted by molar-refractivity contribution is 7.80. The number of hydrogen-bond acceptors (Lipinski definition) is 11. The molecule has 0 aromatic carbocycles. The molecule has 1 heterocycles. The Morgan fingerprint density at radius 1 is 0.574 bits per heavy atom. The second-order valence-electron chi connectivity index (χ2n) is 18.1. The minimum atomic E-state index is -5.07. The second-order valence-corrected chi connectivity index (χ2v) is 19.1. The highest BCUT2D eigenvalue weighted by Gasteiger charge is 2.48. The molecule has 1 aliphatic rings. The van der Waals surface area contributed by atoms with Gasteiger partial charge in [-0.2, -0.15) is 8.42 Å². The second kappa shape index (κ2) is 45.7. The number of carbonyl (C=O) groups excluding carboxylic acids is 1. The summed E-state index contributed by atoms with van der Waals surface area (Å²) in [5.74, 6) is -0.407. The van der Waals surface area contributed by atoms with Crippen molar-refractivity contribution in [1.82, 2.24) is 0 Å². The number of aliphatic hydroxyl groups excluding tert-OH is 3. The summed E-state index contributed by atoms with van der Waals surface area (Å²) in [6.45, 7) is 3.85. The van der Waals surface area contributed by atoms with E-state index in [2.05, 4.69) is 90.9 Å². The molecule has 0 bridgehead atoms. The van der Waals surface area contributed by atoms with E-state index in [4.69, 9.17) is 18.9 Å². The lowest BCUT2D eigenvalue weighted by molar-refractivity contribution is -0.301. The third kappa shape index (κ3) is 38.3. The summed E-state index contributed by atoms with van der Waals surface area (Å²) in [5.41, 5.74) is 0. The number of allylic oxidation sites excluding steroid dienone is 12. The van der Waals surface area contributed by atoms with Gasteiger partial charge in [-0.25, -0.2) is 4.18 Å². The van der Waals surface area contributed by atoms with Crippen LogP contribution in [-0.4, -0.2) is 97.5 Å². The zero-order valence-corrected chi connectivity index (χ0v) is 43.2. The van der Waals surface area contributed by atoms with E-state index in [1.54, 1.807) is 0 Å². The Morgan fingerprint density at radius 2 is 1.01 bits per heavy atom. The molecule has 0 radical (unpaired) electrons. The minimum Gasteiger partial charge on any atom is -0.457 e. The van der Waals surface area contributed by atoms with E-state index in [0.29, 0.717) is 13.0 Å². The standard InChI is InChI=1S/C55H96O12S/c1-3-5-7-9-11-13-15-17-19-21-23-24-25-27-29-31-33-35-37-39-41-43-45-63-47-49(48-64-55-53(59)54(67-68(60,61)62)52(58)50(46-56)66-55)65-51(57)44-42-40-38-36-34-32-30-28-26-22-20-18-16-14-12-10-8-6-4-2/h5,7,11-14,17-20,23-24,49-50,52-56,58-59H,3-4,6,8-10,15-16,21-22,25-48H2,1-2H3,(H,60,61,62)/b7-5-,13-11-,14-12-,19-17-,20-18-,24-23-. The zero-order valence-electron chi connectivity index (χ0n) is 42.4. The summed E-state index contributed by atoms with van der Waals surface area (Å²) in [4.78, 5) is 12.9. The highest BCUT2D eigenvalue weighted by Crippen LogP contribution is 2.26. The molecule has 0 saturated carbocycles. The Balaban J connectivity index is 2.35. The summed E-state index contributed by atoms with van der Waals surface area (Å²) in [6, 6.07) is 0. The number of ether oxygens (including phenoxy) is 4. The van der Waals surface area contributed by atoms with Crippen molar-refractivity contribution < 1.29 is 56.2 Å². The molecule has 0 aromatic heterocycles. The van der Waals surface area contributed by atoms with Crippen LogP contribution in [0.3, 0.4) is 0 Å². The average molecular weight is 981 g/mol. The van der Waals surface area contributed by atoms with Crippen LogP contribution in [0.2, 0.25) is 0 Å². The van der Waals surface area contributed by atoms with Gasteiger partial charge in [0.1, 0.15) is 30.5 Å². The van der Waals surface area contributed by atoms with E-state index in [1.165, 1.54) is 96.3 Å². The maximum absolute atomic E-state index is 12.9. The van der Waals surface area contributed by atoms with Crippen LogP contribution in [0.5, 0.6) is 0 Å². The van der Waals surface area contributed by atoms with E-state index >= 15 is 0 Å². The first-order chi connectivity index (χ1) is 33.1. The molecule has 1 saturated heterocycles. The van der Waals surface area contributed by atoms with E-state index < -0.39 is 59.8 Å². The van der Waals surface area contributed by atoms with Crippen LogP contribution in [0.4, 0.5) is 0 Å². The Morgan fingerprint density at radius 3 is 1.49 bits per heavy atom. The first-order valence-corrected chi connectivity index (χ1v) is 28.1. The topological polar surface area (TPSA) is 178 Å². The first kappa shape index (κ1) is 63.6. The quantitative estimate of drug-likeness (QED) is 0.0197. The van der Waals surface area contributed by atoms with Gasteiger partial charge >= 0.3 is 16.4 Å². The van der Waals surface area contributed by atoms with Crippen LogP contribution < -0.4 is 0 Å². The molecule has 0 aromatic rings. The average Bonchev–Trinajstić information content (AvgIpc) is 3.31. The van der Waals surface area contributed by atoms with Gasteiger partial charge in [0.15, 0.2) is 6.29 Å². The number of esters is 1. The molecule has 68 heavy (non-hydrogen) atoms. The van der Waals surface area contributed by atoms with E-state index in [0.717, 1.165) is 83.5 Å². The molecule has 0 spiro atoms. The minimum absolute atomic E-state index is 0.0271. The van der Waals surface area contributed by atoms with Gasteiger partial charge in [-0.05, 0) is 83.5 Å². The van der Waals surface area contributed by atoms with Gasteiger partial charge in [0.05, 0.1) is 19.8 Å². The third-order valence-electron chi connectivity index (χ3n) is 11.8. The van der Waals surface area contributed by atoms with Crippen molar-refractivity contribution in [1.29, 1.82) is 0 Å². The molecule has 6 atom stereocenters. The fraction of sp³-hybridized carbons (Fsp3) is 0.764. The largest absolute Gasteiger partial charge is 0.457 e. The Kier molecular flexibility index (Phi) is 42.7. The first-order valence-electron chi connectivity index (χ1n) is 26.7. The molecule has 1 aliphatic heterocycles. The SMILES string of the molecule is CC/C=C\C/C=C\C/C=C\C/C=C\CCCCCCCCCCCOCC(COC1OC(CO)C(O)C(OS(=O)(=O)O)C1O)OC(=O)CCCCCCCCCCC/C=C\C/C=C\CCCCC. The molecular weight excluding hydrogens is 885 g/mol. The molecule has 6 unspecified atom stereocenters. The Labute approximate surface area is 413 Å². The van der Waals surface area contributed by atoms with Gasteiger partial charge in [-0.1, -0.05) is 189 Å². The molecule has 1 rings (SSSR count). The van der Waals surface area contributed by atoms with Gasteiger partial charge in [0.2, 0.25) is 0 Å². The number of aliphatic hydroxyl groups is 3. The van der Waals surface area contributed by atoms with Crippen molar-refractivity contribution in [2.75, 3.05) is 26.4 Å². The molecule has 4 N–H and O–H groups in total. The third-order valence-corrected chi connectivity index (χ3v) is 12.3. The number of carbonyl (C=O) groups is 1.